The van der Waals surface area contributed by atoms with Gasteiger partial charge in [-0.05, 0) is 24.8 Å². The molecule has 0 bridgehead atoms. The SMILES string of the molecule is Cn1nccc1C1=NC(C2CCCCCC2)C(=O)O1. The van der Waals surface area contributed by atoms with E-state index in [1.807, 2.05) is 13.1 Å². The van der Waals surface area contributed by atoms with Crippen molar-refractivity contribution in [2.75, 3.05) is 0 Å². The fourth-order valence-electron chi connectivity index (χ4n) is 2.99. The number of ether oxygens (including phenoxy) is 1. The number of nitrogens with zero attached hydrogens (tertiary/aromatic N) is 3. The molecule has 1 unspecified atom stereocenters. The molecular weight excluding hydrogens is 242 g/mol. The summed E-state index contributed by atoms with van der Waals surface area (Å²) in [5.41, 5.74) is 0.768. The fourth-order valence-corrected chi connectivity index (χ4v) is 2.99. The van der Waals surface area contributed by atoms with Crippen molar-refractivity contribution in [2.24, 2.45) is 18.0 Å². The molecule has 0 spiro atoms. The average molecular weight is 261 g/mol. The van der Waals surface area contributed by atoms with Crippen LogP contribution in [-0.2, 0) is 16.6 Å². The molecule has 1 aliphatic heterocycles. The lowest BCUT2D eigenvalue weighted by atomic mass is 9.92. The molecule has 1 fully saturated rings. The lowest BCUT2D eigenvalue weighted by molar-refractivity contribution is -0.136. The molecule has 2 heterocycles. The van der Waals surface area contributed by atoms with Crippen LogP contribution in [0.15, 0.2) is 17.3 Å². The van der Waals surface area contributed by atoms with Crippen molar-refractivity contribution in [3.63, 3.8) is 0 Å². The van der Waals surface area contributed by atoms with Crippen molar-refractivity contribution in [2.45, 2.75) is 44.6 Å². The first-order chi connectivity index (χ1) is 9.25. The molecule has 0 radical (unpaired) electrons. The Balaban J connectivity index is 1.80. The molecule has 0 amide bonds. The van der Waals surface area contributed by atoms with Crippen LogP contribution < -0.4 is 0 Å². The first-order valence-corrected chi connectivity index (χ1v) is 7.03. The van der Waals surface area contributed by atoms with Crippen LogP contribution in [0.1, 0.15) is 44.2 Å². The Morgan fingerprint density at radius 1 is 1.26 bits per heavy atom. The fraction of sp³-hybridized carbons (Fsp3) is 0.643. The van der Waals surface area contributed by atoms with Gasteiger partial charge < -0.3 is 4.74 Å². The van der Waals surface area contributed by atoms with Gasteiger partial charge in [0.2, 0.25) is 5.90 Å². The molecule has 5 heteroatoms. The smallest absolute Gasteiger partial charge is 0.338 e. The minimum Gasteiger partial charge on any atom is -0.404 e. The lowest BCUT2D eigenvalue weighted by Crippen LogP contribution is -2.25. The van der Waals surface area contributed by atoms with Crippen molar-refractivity contribution in [1.29, 1.82) is 0 Å². The minimum atomic E-state index is -0.303. The number of rotatable bonds is 2. The Morgan fingerprint density at radius 3 is 2.63 bits per heavy atom. The summed E-state index contributed by atoms with van der Waals surface area (Å²) in [4.78, 5) is 16.6. The maximum Gasteiger partial charge on any atom is 0.338 e. The Bertz CT molecular complexity index is 499. The first-order valence-electron chi connectivity index (χ1n) is 7.03. The number of aryl methyl sites for hydroxylation is 1. The average Bonchev–Trinajstić information content (AvgIpc) is 2.87. The molecule has 5 nitrogen and oxygen atoms in total. The van der Waals surface area contributed by atoms with Gasteiger partial charge in [-0.25, -0.2) is 9.79 Å². The number of cyclic esters (lactones) is 1. The zero-order chi connectivity index (χ0) is 13.2. The standard InChI is InChI=1S/C14H19N3O2/c1-17-11(8-9-15-17)13-16-12(14(18)19-13)10-6-4-2-3-5-7-10/h8-10,12H,2-7H2,1H3. The van der Waals surface area contributed by atoms with Gasteiger partial charge in [-0.2, -0.15) is 5.10 Å². The normalized spacial score (nSPS) is 25.0. The first kappa shape index (κ1) is 12.4. The highest BCUT2D eigenvalue weighted by atomic mass is 16.6. The number of aromatic nitrogens is 2. The van der Waals surface area contributed by atoms with Crippen LogP contribution in [0.25, 0.3) is 0 Å². The van der Waals surface area contributed by atoms with Gasteiger partial charge in [0.15, 0.2) is 6.04 Å². The number of hydrogen-bond donors (Lipinski definition) is 0. The van der Waals surface area contributed by atoms with E-state index in [0.717, 1.165) is 18.5 Å². The van der Waals surface area contributed by atoms with Gasteiger partial charge in [-0.1, -0.05) is 25.7 Å². The summed E-state index contributed by atoms with van der Waals surface area (Å²) < 4.78 is 7.03. The van der Waals surface area contributed by atoms with Gasteiger partial charge in [0.05, 0.1) is 0 Å². The maximum atomic E-state index is 12.0. The van der Waals surface area contributed by atoms with E-state index in [9.17, 15) is 4.79 Å². The largest absolute Gasteiger partial charge is 0.404 e. The maximum absolute atomic E-state index is 12.0. The molecule has 0 N–H and O–H groups in total. The highest BCUT2D eigenvalue weighted by Gasteiger charge is 2.36. The van der Waals surface area contributed by atoms with Crippen molar-refractivity contribution in [3.05, 3.63) is 18.0 Å². The molecule has 3 rings (SSSR count). The van der Waals surface area contributed by atoms with Crippen molar-refractivity contribution < 1.29 is 9.53 Å². The summed E-state index contributed by atoms with van der Waals surface area (Å²) in [6.45, 7) is 0. The van der Waals surface area contributed by atoms with E-state index in [4.69, 9.17) is 4.74 Å². The van der Waals surface area contributed by atoms with Crippen molar-refractivity contribution >= 4 is 11.9 Å². The number of hydrogen-bond acceptors (Lipinski definition) is 4. The third-order valence-corrected chi connectivity index (χ3v) is 4.08. The highest BCUT2D eigenvalue weighted by molar-refractivity contribution is 6.05. The lowest BCUT2D eigenvalue weighted by Gasteiger charge is -2.15. The summed E-state index contributed by atoms with van der Waals surface area (Å²) in [6.07, 6.45) is 8.80. The van der Waals surface area contributed by atoms with E-state index < -0.39 is 0 Å². The molecule has 19 heavy (non-hydrogen) atoms. The summed E-state index contributed by atoms with van der Waals surface area (Å²) in [6, 6.07) is 1.52. The van der Waals surface area contributed by atoms with E-state index in [0.29, 0.717) is 11.8 Å². The third kappa shape index (κ3) is 2.41. The zero-order valence-corrected chi connectivity index (χ0v) is 11.2. The minimum absolute atomic E-state index is 0.192. The molecule has 1 atom stereocenters. The number of esters is 1. The topological polar surface area (TPSA) is 56.5 Å². The van der Waals surface area contributed by atoms with Crippen LogP contribution >= 0.6 is 0 Å². The molecule has 2 aliphatic rings. The van der Waals surface area contributed by atoms with E-state index in [-0.39, 0.29) is 12.0 Å². The quantitative estimate of drug-likeness (QED) is 0.605. The van der Waals surface area contributed by atoms with Gasteiger partial charge in [0.25, 0.3) is 0 Å². The molecule has 0 aromatic carbocycles. The molecule has 102 valence electrons. The summed E-state index contributed by atoms with van der Waals surface area (Å²) >= 11 is 0. The molecule has 1 aliphatic carbocycles. The van der Waals surface area contributed by atoms with E-state index >= 15 is 0 Å². The van der Waals surface area contributed by atoms with Gasteiger partial charge in [0, 0.05) is 13.2 Å². The second kappa shape index (κ2) is 5.15. The molecule has 1 saturated carbocycles. The van der Waals surface area contributed by atoms with Gasteiger partial charge in [0.1, 0.15) is 5.69 Å². The Kier molecular flexibility index (Phi) is 3.36. The Hall–Kier alpha value is -1.65. The predicted octanol–water partition coefficient (Wildman–Crippen LogP) is 2.06. The molecular formula is C14H19N3O2. The second-order valence-electron chi connectivity index (χ2n) is 5.39. The molecule has 1 aromatic rings. The number of carbonyl (C=O) groups excluding carboxylic acids is 1. The molecule has 0 saturated heterocycles. The van der Waals surface area contributed by atoms with Gasteiger partial charge in [-0.15, -0.1) is 0 Å². The summed E-state index contributed by atoms with van der Waals surface area (Å²) in [7, 11) is 1.82. The number of aliphatic imine (C=N–C) groups is 1. The van der Waals surface area contributed by atoms with Crippen LogP contribution in [0, 0.1) is 5.92 Å². The van der Waals surface area contributed by atoms with Crippen molar-refractivity contribution in [1.82, 2.24) is 9.78 Å². The predicted molar refractivity (Wildman–Crippen MR) is 70.8 cm³/mol. The third-order valence-electron chi connectivity index (χ3n) is 4.08. The van der Waals surface area contributed by atoms with Crippen LogP contribution in [-0.4, -0.2) is 27.7 Å². The van der Waals surface area contributed by atoms with E-state index in [2.05, 4.69) is 10.1 Å². The number of carbonyl (C=O) groups is 1. The highest BCUT2D eigenvalue weighted by Crippen LogP contribution is 2.30. The summed E-state index contributed by atoms with van der Waals surface area (Å²) in [5, 5.41) is 4.08. The van der Waals surface area contributed by atoms with Crippen LogP contribution in [0.5, 0.6) is 0 Å². The monoisotopic (exact) mass is 261 g/mol. The van der Waals surface area contributed by atoms with Gasteiger partial charge >= 0.3 is 5.97 Å². The van der Waals surface area contributed by atoms with E-state index in [1.165, 1.54) is 25.7 Å². The zero-order valence-electron chi connectivity index (χ0n) is 11.2. The van der Waals surface area contributed by atoms with Crippen molar-refractivity contribution in [3.8, 4) is 0 Å². The van der Waals surface area contributed by atoms with Crippen LogP contribution in [0.2, 0.25) is 0 Å². The van der Waals surface area contributed by atoms with Gasteiger partial charge in [-0.3, -0.25) is 4.68 Å². The Morgan fingerprint density at radius 2 is 2.00 bits per heavy atom. The Labute approximate surface area is 112 Å². The molecule has 1 aromatic heterocycles. The van der Waals surface area contributed by atoms with E-state index in [1.54, 1.807) is 10.9 Å². The summed E-state index contributed by atoms with van der Waals surface area (Å²) in [5.74, 6) is 0.586. The van der Waals surface area contributed by atoms with Crippen LogP contribution in [0.3, 0.4) is 0 Å². The second-order valence-corrected chi connectivity index (χ2v) is 5.39. The van der Waals surface area contributed by atoms with Crippen LogP contribution in [0.4, 0.5) is 0 Å².